The summed E-state index contributed by atoms with van der Waals surface area (Å²) in [6.45, 7) is 9.93. The van der Waals surface area contributed by atoms with Crippen LogP contribution in [0.15, 0.2) is 37.4 Å². The average Bonchev–Trinajstić information content (AvgIpc) is 3.20. The van der Waals surface area contributed by atoms with E-state index in [-0.39, 0.29) is 31.3 Å². The molecule has 29 heavy (non-hydrogen) atoms. The van der Waals surface area contributed by atoms with Crippen LogP contribution in [0.1, 0.15) is 48.0 Å². The predicted molar refractivity (Wildman–Crippen MR) is 115 cm³/mol. The number of ether oxygens (including phenoxy) is 2. The summed E-state index contributed by atoms with van der Waals surface area (Å²) < 4.78 is 10.7. The van der Waals surface area contributed by atoms with Gasteiger partial charge in [-0.2, -0.15) is 0 Å². The monoisotopic (exact) mass is 398 g/mol. The first-order valence-electron chi connectivity index (χ1n) is 10.0. The second-order valence-corrected chi connectivity index (χ2v) is 6.96. The third kappa shape index (κ3) is 6.98. The summed E-state index contributed by atoms with van der Waals surface area (Å²) in [4.78, 5) is 26.3. The van der Waals surface area contributed by atoms with Crippen molar-refractivity contribution < 1.29 is 19.1 Å². The molecule has 0 aliphatic carbocycles. The molecule has 0 unspecified atom stereocenters. The summed E-state index contributed by atoms with van der Waals surface area (Å²) in [5.74, 6) is 0.141. The van der Waals surface area contributed by atoms with Gasteiger partial charge in [0.05, 0.1) is 13.0 Å². The van der Waals surface area contributed by atoms with E-state index in [4.69, 9.17) is 14.9 Å². The van der Waals surface area contributed by atoms with Crippen LogP contribution in [0.2, 0.25) is 0 Å². The number of carbonyl (C=O) groups excluding carboxylic acids is 2. The van der Waals surface area contributed by atoms with Crippen molar-refractivity contribution in [2.45, 2.75) is 38.1 Å². The predicted octanol–water partition coefficient (Wildman–Crippen LogP) is 3.90. The molecule has 6 heteroatoms. The molecule has 0 amide bonds. The van der Waals surface area contributed by atoms with E-state index in [1.54, 1.807) is 24.3 Å². The second-order valence-electron chi connectivity index (χ2n) is 6.96. The lowest BCUT2D eigenvalue weighted by Crippen LogP contribution is -2.31. The van der Waals surface area contributed by atoms with Gasteiger partial charge in [0.25, 0.3) is 0 Å². The SMILES string of the molecule is C=CCOC(=O)CCC(=O)c1ccc(OCCCN2CCC[C@H]2C=N)cc1C=C. The summed E-state index contributed by atoms with van der Waals surface area (Å²) in [5, 5.41) is 7.46. The minimum absolute atomic E-state index is 0.0365. The third-order valence-corrected chi connectivity index (χ3v) is 4.93. The van der Waals surface area contributed by atoms with Crippen LogP contribution >= 0.6 is 0 Å². The van der Waals surface area contributed by atoms with E-state index in [0.717, 1.165) is 32.4 Å². The Morgan fingerprint density at radius 2 is 2.10 bits per heavy atom. The van der Waals surface area contributed by atoms with Gasteiger partial charge in [0.2, 0.25) is 0 Å². The van der Waals surface area contributed by atoms with Crippen LogP contribution in [0.25, 0.3) is 6.08 Å². The van der Waals surface area contributed by atoms with Crippen LogP contribution in [-0.2, 0) is 9.53 Å². The average molecular weight is 399 g/mol. The van der Waals surface area contributed by atoms with Crippen molar-refractivity contribution >= 4 is 24.0 Å². The summed E-state index contributed by atoms with van der Waals surface area (Å²) in [7, 11) is 0. The van der Waals surface area contributed by atoms with Crippen LogP contribution in [0.4, 0.5) is 0 Å². The Hall–Kier alpha value is -2.73. The minimum Gasteiger partial charge on any atom is -0.494 e. The largest absolute Gasteiger partial charge is 0.494 e. The van der Waals surface area contributed by atoms with Gasteiger partial charge in [-0.05, 0) is 49.6 Å². The Labute approximate surface area is 172 Å². The van der Waals surface area contributed by atoms with Crippen molar-refractivity contribution in [3.8, 4) is 5.75 Å². The summed E-state index contributed by atoms with van der Waals surface area (Å²) >= 11 is 0. The topological polar surface area (TPSA) is 79.7 Å². The molecule has 0 spiro atoms. The van der Waals surface area contributed by atoms with Gasteiger partial charge in [-0.3, -0.25) is 14.5 Å². The maximum absolute atomic E-state index is 12.4. The third-order valence-electron chi connectivity index (χ3n) is 4.93. The number of rotatable bonds is 13. The van der Waals surface area contributed by atoms with Gasteiger partial charge in [-0.15, -0.1) is 0 Å². The molecule has 2 rings (SSSR count). The molecule has 0 saturated carbocycles. The zero-order chi connectivity index (χ0) is 21.1. The Bertz CT molecular complexity index is 744. The Balaban J connectivity index is 1.83. The molecule has 0 bridgehead atoms. The molecule has 1 atom stereocenters. The summed E-state index contributed by atoms with van der Waals surface area (Å²) in [5.41, 5.74) is 1.21. The van der Waals surface area contributed by atoms with E-state index >= 15 is 0 Å². The molecule has 1 N–H and O–H groups in total. The number of benzene rings is 1. The molecule has 1 fully saturated rings. The van der Waals surface area contributed by atoms with E-state index in [0.29, 0.717) is 23.5 Å². The Morgan fingerprint density at radius 3 is 2.83 bits per heavy atom. The number of carbonyl (C=O) groups is 2. The zero-order valence-corrected chi connectivity index (χ0v) is 16.9. The number of esters is 1. The van der Waals surface area contributed by atoms with E-state index in [2.05, 4.69) is 18.1 Å². The van der Waals surface area contributed by atoms with Crippen molar-refractivity contribution in [2.24, 2.45) is 0 Å². The Kier molecular flexibility index (Phi) is 9.31. The molecule has 1 saturated heterocycles. The normalized spacial score (nSPS) is 16.2. The molecule has 6 nitrogen and oxygen atoms in total. The van der Waals surface area contributed by atoms with Crippen LogP contribution < -0.4 is 4.74 Å². The first-order valence-corrected chi connectivity index (χ1v) is 10.0. The highest BCUT2D eigenvalue weighted by Gasteiger charge is 2.21. The van der Waals surface area contributed by atoms with E-state index in [9.17, 15) is 9.59 Å². The maximum atomic E-state index is 12.4. The van der Waals surface area contributed by atoms with Crippen LogP contribution in [0.3, 0.4) is 0 Å². The van der Waals surface area contributed by atoms with Crippen LogP contribution in [0.5, 0.6) is 5.75 Å². The van der Waals surface area contributed by atoms with Crippen molar-refractivity contribution in [3.05, 3.63) is 48.6 Å². The zero-order valence-electron chi connectivity index (χ0n) is 16.9. The number of nitrogens with zero attached hydrogens (tertiary/aromatic N) is 1. The first kappa shape index (κ1) is 22.6. The van der Waals surface area contributed by atoms with Gasteiger partial charge in [-0.1, -0.05) is 25.3 Å². The second kappa shape index (κ2) is 12.0. The van der Waals surface area contributed by atoms with E-state index in [1.165, 1.54) is 12.3 Å². The lowest BCUT2D eigenvalue weighted by Gasteiger charge is -2.20. The molecule has 1 heterocycles. The maximum Gasteiger partial charge on any atom is 0.306 e. The highest BCUT2D eigenvalue weighted by Crippen LogP contribution is 2.22. The lowest BCUT2D eigenvalue weighted by molar-refractivity contribution is -0.142. The van der Waals surface area contributed by atoms with Gasteiger partial charge in [0, 0.05) is 30.8 Å². The Morgan fingerprint density at radius 1 is 1.28 bits per heavy atom. The molecule has 0 aromatic heterocycles. The number of likely N-dealkylation sites (tertiary alicyclic amines) is 1. The quantitative estimate of drug-likeness (QED) is 0.179. The smallest absolute Gasteiger partial charge is 0.306 e. The van der Waals surface area contributed by atoms with Crippen LogP contribution in [-0.4, -0.2) is 55.2 Å². The van der Waals surface area contributed by atoms with Gasteiger partial charge in [0.1, 0.15) is 12.4 Å². The highest BCUT2D eigenvalue weighted by molar-refractivity contribution is 6.00. The molecule has 1 aliphatic rings. The van der Waals surface area contributed by atoms with Crippen LogP contribution in [0, 0.1) is 5.41 Å². The standard InChI is InChI=1S/C23H30N2O4/c1-3-14-29-23(27)11-10-22(26)21-9-8-20(16-18(21)4-2)28-15-6-13-25-12-5-7-19(25)17-24/h3-4,8-9,16-17,19,24H,1-2,5-7,10-15H2/t19-/m0/s1. The first-order chi connectivity index (χ1) is 14.1. The van der Waals surface area contributed by atoms with E-state index < -0.39 is 5.97 Å². The number of hydrogen-bond acceptors (Lipinski definition) is 6. The summed E-state index contributed by atoms with van der Waals surface area (Å²) in [6.07, 6.45) is 7.84. The van der Waals surface area contributed by atoms with Gasteiger partial charge in [0.15, 0.2) is 5.78 Å². The number of Topliss-reactive ketones (excluding diaryl/α,β-unsaturated/α-hetero) is 1. The fourth-order valence-corrected chi connectivity index (χ4v) is 3.40. The van der Waals surface area contributed by atoms with Gasteiger partial charge < -0.3 is 14.9 Å². The van der Waals surface area contributed by atoms with Gasteiger partial charge in [-0.25, -0.2) is 0 Å². The summed E-state index contributed by atoms with van der Waals surface area (Å²) in [6, 6.07) is 5.55. The molecule has 1 aromatic rings. The molecule has 0 radical (unpaired) electrons. The van der Waals surface area contributed by atoms with E-state index in [1.807, 2.05) is 0 Å². The van der Waals surface area contributed by atoms with Crippen molar-refractivity contribution in [1.82, 2.24) is 4.90 Å². The van der Waals surface area contributed by atoms with Crippen molar-refractivity contribution in [1.29, 1.82) is 5.41 Å². The molecule has 1 aliphatic heterocycles. The number of ketones is 1. The fourth-order valence-electron chi connectivity index (χ4n) is 3.40. The molecular formula is C23H30N2O4. The fraction of sp³-hybridized carbons (Fsp3) is 0.435. The highest BCUT2D eigenvalue weighted by atomic mass is 16.5. The molecular weight excluding hydrogens is 368 g/mol. The number of nitrogens with one attached hydrogen (secondary N) is 1. The minimum atomic E-state index is -0.415. The van der Waals surface area contributed by atoms with Crippen molar-refractivity contribution in [3.63, 3.8) is 0 Å². The molecule has 156 valence electrons. The van der Waals surface area contributed by atoms with Gasteiger partial charge >= 0.3 is 5.97 Å². The number of hydrogen-bond donors (Lipinski definition) is 1. The molecule has 1 aromatic carbocycles. The lowest BCUT2D eigenvalue weighted by atomic mass is 10.00. The van der Waals surface area contributed by atoms with Crippen molar-refractivity contribution in [2.75, 3.05) is 26.3 Å².